The van der Waals surface area contributed by atoms with E-state index in [0.29, 0.717) is 0 Å². The summed E-state index contributed by atoms with van der Waals surface area (Å²) in [6, 6.07) is 7.26. The minimum atomic E-state index is -3.28. The van der Waals surface area contributed by atoms with Gasteiger partial charge in [0.25, 0.3) is 0 Å². The number of benzene rings is 1. The molecule has 1 atom stereocenters. The summed E-state index contributed by atoms with van der Waals surface area (Å²) in [6.45, 7) is 1.93. The highest BCUT2D eigenvalue weighted by Gasteiger charge is 2.14. The lowest BCUT2D eigenvalue weighted by Crippen LogP contribution is -2.31. The second kappa shape index (κ2) is 5.77. The van der Waals surface area contributed by atoms with Crippen LogP contribution < -0.4 is 10.5 Å². The Kier molecular flexibility index (Phi) is 4.91. The summed E-state index contributed by atoms with van der Waals surface area (Å²) >= 11 is 3.33. The molecule has 4 nitrogen and oxygen atoms in total. The number of nitrogens with one attached hydrogen (secondary N) is 1. The molecule has 16 heavy (non-hydrogen) atoms. The number of hydrogen-bond acceptors (Lipinski definition) is 3. The van der Waals surface area contributed by atoms with E-state index in [0.717, 1.165) is 10.0 Å². The predicted octanol–water partition coefficient (Wildman–Crippen LogP) is 1.39. The number of rotatable bonds is 5. The topological polar surface area (TPSA) is 72.2 Å². The van der Waals surface area contributed by atoms with E-state index in [2.05, 4.69) is 20.7 Å². The van der Waals surface area contributed by atoms with E-state index < -0.39 is 10.0 Å². The molecule has 0 aliphatic rings. The molecular formula is C10H15BrN2O2S. The minimum absolute atomic E-state index is 0.0477. The molecule has 0 fully saturated rings. The maximum Gasteiger partial charge on any atom is 0.213 e. The molecule has 0 spiro atoms. The molecule has 0 aliphatic heterocycles. The van der Waals surface area contributed by atoms with Gasteiger partial charge < -0.3 is 5.73 Å². The Bertz CT molecular complexity index is 431. The van der Waals surface area contributed by atoms with Crippen molar-refractivity contribution in [2.75, 3.05) is 12.3 Å². The Morgan fingerprint density at radius 1 is 1.38 bits per heavy atom. The fourth-order valence-corrected chi connectivity index (χ4v) is 2.67. The molecule has 90 valence electrons. The fraction of sp³-hybridized carbons (Fsp3) is 0.400. The number of sulfonamides is 1. The quantitative estimate of drug-likeness (QED) is 0.863. The van der Waals surface area contributed by atoms with Crippen LogP contribution in [0.4, 0.5) is 0 Å². The summed E-state index contributed by atoms with van der Waals surface area (Å²) in [4.78, 5) is 0. The van der Waals surface area contributed by atoms with Crippen LogP contribution in [0.5, 0.6) is 0 Å². The van der Waals surface area contributed by atoms with Crippen LogP contribution in [0.2, 0.25) is 0 Å². The van der Waals surface area contributed by atoms with Crippen molar-refractivity contribution in [3.8, 4) is 0 Å². The van der Waals surface area contributed by atoms with Crippen molar-refractivity contribution >= 4 is 26.0 Å². The van der Waals surface area contributed by atoms with Crippen LogP contribution in [0.3, 0.4) is 0 Å². The van der Waals surface area contributed by atoms with Crippen molar-refractivity contribution in [1.82, 2.24) is 4.72 Å². The Morgan fingerprint density at radius 2 is 1.94 bits per heavy atom. The van der Waals surface area contributed by atoms with Gasteiger partial charge in [0.2, 0.25) is 10.0 Å². The highest BCUT2D eigenvalue weighted by molar-refractivity contribution is 9.10. The lowest BCUT2D eigenvalue weighted by molar-refractivity contribution is 0.567. The van der Waals surface area contributed by atoms with Crippen LogP contribution in [0.15, 0.2) is 28.7 Å². The van der Waals surface area contributed by atoms with Crippen LogP contribution in [0.25, 0.3) is 0 Å². The van der Waals surface area contributed by atoms with Gasteiger partial charge in [0.05, 0.1) is 5.75 Å². The van der Waals surface area contributed by atoms with Gasteiger partial charge in [-0.25, -0.2) is 13.1 Å². The van der Waals surface area contributed by atoms with Gasteiger partial charge in [-0.05, 0) is 24.6 Å². The van der Waals surface area contributed by atoms with Gasteiger partial charge >= 0.3 is 0 Å². The Balaban J connectivity index is 2.72. The zero-order chi connectivity index (χ0) is 12.2. The van der Waals surface area contributed by atoms with Gasteiger partial charge in [-0.1, -0.05) is 28.1 Å². The first-order valence-corrected chi connectivity index (χ1v) is 7.34. The van der Waals surface area contributed by atoms with Crippen LogP contribution >= 0.6 is 15.9 Å². The molecular weight excluding hydrogens is 292 g/mol. The molecule has 1 rings (SSSR count). The highest BCUT2D eigenvalue weighted by Crippen LogP contribution is 2.17. The van der Waals surface area contributed by atoms with E-state index in [1.807, 2.05) is 24.3 Å². The Morgan fingerprint density at radius 3 is 2.44 bits per heavy atom. The summed E-state index contributed by atoms with van der Waals surface area (Å²) < 4.78 is 26.5. The maximum atomic E-state index is 11.5. The molecule has 0 saturated heterocycles. The van der Waals surface area contributed by atoms with Crippen molar-refractivity contribution in [2.45, 2.75) is 13.0 Å². The molecule has 3 N–H and O–H groups in total. The molecule has 6 heteroatoms. The standard InChI is InChI=1S/C10H15BrN2O2S/c1-8(13-16(14,15)7-6-12)9-2-4-10(11)5-3-9/h2-5,8,13H,6-7,12H2,1H3. The molecule has 1 unspecified atom stereocenters. The summed E-state index contributed by atoms with van der Waals surface area (Å²) in [5.41, 5.74) is 6.14. The summed E-state index contributed by atoms with van der Waals surface area (Å²) in [5, 5.41) is 0. The summed E-state index contributed by atoms with van der Waals surface area (Å²) in [7, 11) is -3.28. The third-order valence-corrected chi connectivity index (χ3v) is 4.13. The maximum absolute atomic E-state index is 11.5. The zero-order valence-electron chi connectivity index (χ0n) is 8.98. The average Bonchev–Trinajstić information content (AvgIpc) is 2.17. The Hall–Kier alpha value is -0.430. The average molecular weight is 307 g/mol. The summed E-state index contributed by atoms with van der Waals surface area (Å²) in [5.74, 6) is -0.0477. The van der Waals surface area contributed by atoms with E-state index in [1.165, 1.54) is 0 Å². The van der Waals surface area contributed by atoms with Crippen molar-refractivity contribution in [3.63, 3.8) is 0 Å². The SMILES string of the molecule is CC(NS(=O)(=O)CCN)c1ccc(Br)cc1. The van der Waals surface area contributed by atoms with Crippen LogP contribution in [0.1, 0.15) is 18.5 Å². The second-order valence-electron chi connectivity index (χ2n) is 3.50. The summed E-state index contributed by atoms with van der Waals surface area (Å²) in [6.07, 6.45) is 0. The fourth-order valence-electron chi connectivity index (χ4n) is 1.30. The molecule has 0 heterocycles. The van der Waals surface area contributed by atoms with Gasteiger partial charge in [0.15, 0.2) is 0 Å². The number of nitrogens with two attached hydrogens (primary N) is 1. The molecule has 0 saturated carbocycles. The second-order valence-corrected chi connectivity index (χ2v) is 6.29. The van der Waals surface area contributed by atoms with Gasteiger partial charge in [-0.15, -0.1) is 0 Å². The van der Waals surface area contributed by atoms with Crippen molar-refractivity contribution in [2.24, 2.45) is 5.73 Å². The Labute approximate surface area is 104 Å². The first-order valence-electron chi connectivity index (χ1n) is 4.90. The van der Waals surface area contributed by atoms with Gasteiger partial charge in [-0.3, -0.25) is 0 Å². The number of hydrogen-bond donors (Lipinski definition) is 2. The normalized spacial score (nSPS) is 13.7. The van der Waals surface area contributed by atoms with E-state index >= 15 is 0 Å². The van der Waals surface area contributed by atoms with Crippen molar-refractivity contribution in [3.05, 3.63) is 34.3 Å². The van der Waals surface area contributed by atoms with Crippen LogP contribution in [-0.2, 0) is 10.0 Å². The molecule has 0 aliphatic carbocycles. The first kappa shape index (κ1) is 13.6. The molecule has 0 aromatic heterocycles. The molecule has 0 bridgehead atoms. The molecule has 1 aromatic rings. The molecule has 1 aromatic carbocycles. The first-order chi connectivity index (χ1) is 7.44. The monoisotopic (exact) mass is 306 g/mol. The van der Waals surface area contributed by atoms with E-state index in [9.17, 15) is 8.42 Å². The van der Waals surface area contributed by atoms with Crippen LogP contribution in [0, 0.1) is 0 Å². The minimum Gasteiger partial charge on any atom is -0.329 e. The lowest BCUT2D eigenvalue weighted by atomic mass is 10.1. The third-order valence-electron chi connectivity index (χ3n) is 2.11. The number of halogens is 1. The smallest absolute Gasteiger partial charge is 0.213 e. The van der Waals surface area contributed by atoms with Crippen LogP contribution in [-0.4, -0.2) is 20.7 Å². The van der Waals surface area contributed by atoms with Gasteiger partial charge in [0.1, 0.15) is 0 Å². The lowest BCUT2D eigenvalue weighted by Gasteiger charge is -2.14. The van der Waals surface area contributed by atoms with E-state index in [-0.39, 0.29) is 18.3 Å². The van der Waals surface area contributed by atoms with Crippen molar-refractivity contribution in [1.29, 1.82) is 0 Å². The van der Waals surface area contributed by atoms with E-state index in [1.54, 1.807) is 6.92 Å². The largest absolute Gasteiger partial charge is 0.329 e. The zero-order valence-corrected chi connectivity index (χ0v) is 11.4. The molecule has 0 amide bonds. The third kappa shape index (κ3) is 4.21. The van der Waals surface area contributed by atoms with Crippen molar-refractivity contribution < 1.29 is 8.42 Å². The molecule has 0 radical (unpaired) electrons. The predicted molar refractivity (Wildman–Crippen MR) is 68.5 cm³/mol. The van der Waals surface area contributed by atoms with E-state index in [4.69, 9.17) is 5.73 Å². The van der Waals surface area contributed by atoms with Gasteiger partial charge in [0, 0.05) is 17.1 Å². The highest BCUT2D eigenvalue weighted by atomic mass is 79.9. The van der Waals surface area contributed by atoms with Gasteiger partial charge in [-0.2, -0.15) is 0 Å².